The molecule has 0 aliphatic rings. The van der Waals surface area contributed by atoms with Crippen LogP contribution in [-0.4, -0.2) is 8.16 Å². The third-order valence-corrected chi connectivity index (χ3v) is 3.39. The van der Waals surface area contributed by atoms with Gasteiger partial charge >= 0.3 is 0 Å². The topological polar surface area (TPSA) is 0 Å². The van der Waals surface area contributed by atoms with Gasteiger partial charge in [0.2, 0.25) is 0 Å². The molecule has 0 unspecified atom stereocenters. The van der Waals surface area contributed by atoms with E-state index in [0.717, 1.165) is 0 Å². The van der Waals surface area contributed by atoms with Crippen molar-refractivity contribution in [1.82, 2.24) is 0 Å². The van der Waals surface area contributed by atoms with Gasteiger partial charge in [-0.1, -0.05) is 0 Å². The SMILES string of the molecule is CC(S)(S)C(C)(S)S. The van der Waals surface area contributed by atoms with Gasteiger partial charge in [-0.25, -0.2) is 0 Å². The van der Waals surface area contributed by atoms with Crippen molar-refractivity contribution in [2.24, 2.45) is 0 Å². The van der Waals surface area contributed by atoms with E-state index in [-0.39, 0.29) is 0 Å². The predicted molar refractivity (Wildman–Crippen MR) is 52.8 cm³/mol. The molecule has 0 saturated heterocycles. The molecule has 50 valence electrons. The zero-order chi connectivity index (χ0) is 7.00. The van der Waals surface area contributed by atoms with Crippen LogP contribution >= 0.6 is 50.5 Å². The summed E-state index contributed by atoms with van der Waals surface area (Å²) in [7, 11) is 0. The molecule has 0 nitrogen and oxygen atoms in total. The Balaban J connectivity index is 4.02. The van der Waals surface area contributed by atoms with Gasteiger partial charge in [-0.2, -0.15) is 50.5 Å². The van der Waals surface area contributed by atoms with Crippen molar-refractivity contribution in [3.05, 3.63) is 0 Å². The summed E-state index contributed by atoms with van der Waals surface area (Å²) in [5.41, 5.74) is 0. The molecule has 0 N–H and O–H groups in total. The fraction of sp³-hybridized carbons (Fsp3) is 1.00. The molecule has 0 aliphatic carbocycles. The van der Waals surface area contributed by atoms with Crippen LogP contribution in [0.2, 0.25) is 0 Å². The highest BCUT2D eigenvalue weighted by Crippen LogP contribution is 2.39. The molecule has 0 radical (unpaired) electrons. The van der Waals surface area contributed by atoms with Gasteiger partial charge in [0.1, 0.15) is 0 Å². The van der Waals surface area contributed by atoms with Crippen LogP contribution in [0.1, 0.15) is 13.8 Å². The van der Waals surface area contributed by atoms with Crippen LogP contribution in [0.25, 0.3) is 0 Å². The highest BCUT2D eigenvalue weighted by atomic mass is 32.2. The van der Waals surface area contributed by atoms with E-state index in [1.807, 2.05) is 13.8 Å². The van der Waals surface area contributed by atoms with Crippen LogP contribution in [0.4, 0.5) is 0 Å². The van der Waals surface area contributed by atoms with Crippen LogP contribution in [0.3, 0.4) is 0 Å². The Bertz CT molecular complexity index is 63.0. The average Bonchev–Trinajstić information content (AvgIpc) is 1.25. The van der Waals surface area contributed by atoms with Gasteiger partial charge in [0.15, 0.2) is 0 Å². The van der Waals surface area contributed by atoms with E-state index in [1.165, 1.54) is 0 Å². The molecule has 0 amide bonds. The largest absolute Gasteiger partial charge is 0.160 e. The minimum atomic E-state index is -0.445. The molecule has 0 saturated carbocycles. The highest BCUT2D eigenvalue weighted by Gasteiger charge is 2.31. The van der Waals surface area contributed by atoms with Crippen LogP contribution < -0.4 is 0 Å². The van der Waals surface area contributed by atoms with Crippen molar-refractivity contribution in [2.45, 2.75) is 22.0 Å². The van der Waals surface area contributed by atoms with E-state index in [4.69, 9.17) is 0 Å². The van der Waals surface area contributed by atoms with Crippen LogP contribution in [0, 0.1) is 0 Å². The lowest BCUT2D eigenvalue weighted by Crippen LogP contribution is -2.29. The molecule has 0 spiro atoms. The van der Waals surface area contributed by atoms with Crippen molar-refractivity contribution >= 4 is 50.5 Å². The molecular weight excluding hydrogens is 176 g/mol. The summed E-state index contributed by atoms with van der Waals surface area (Å²) in [6.45, 7) is 3.69. The van der Waals surface area contributed by atoms with Crippen molar-refractivity contribution in [1.29, 1.82) is 0 Å². The number of hydrogen-bond acceptors (Lipinski definition) is 4. The van der Waals surface area contributed by atoms with Gasteiger partial charge in [0.05, 0.1) is 8.16 Å². The fourth-order valence-corrected chi connectivity index (χ4v) is 0. The zero-order valence-corrected chi connectivity index (χ0v) is 8.37. The zero-order valence-electron chi connectivity index (χ0n) is 4.79. The summed E-state index contributed by atoms with van der Waals surface area (Å²) in [6, 6.07) is 0. The molecule has 0 rings (SSSR count). The first-order valence-electron chi connectivity index (χ1n) is 2.14. The first-order valence-corrected chi connectivity index (χ1v) is 3.93. The minimum absolute atomic E-state index is 0.445. The Morgan fingerprint density at radius 3 is 0.875 bits per heavy atom. The molecule has 0 aromatic carbocycles. The fourth-order valence-electron chi connectivity index (χ4n) is 0. The first-order chi connectivity index (χ1) is 3.25. The van der Waals surface area contributed by atoms with Gasteiger partial charge < -0.3 is 0 Å². The smallest absolute Gasteiger partial charge is 0.0753 e. The van der Waals surface area contributed by atoms with Gasteiger partial charge in [-0.15, -0.1) is 0 Å². The van der Waals surface area contributed by atoms with Crippen molar-refractivity contribution in [3.63, 3.8) is 0 Å². The van der Waals surface area contributed by atoms with Gasteiger partial charge in [-0.3, -0.25) is 0 Å². The van der Waals surface area contributed by atoms with E-state index in [2.05, 4.69) is 50.5 Å². The molecule has 0 fully saturated rings. The molecule has 0 atom stereocenters. The Hall–Kier alpha value is 1.40. The van der Waals surface area contributed by atoms with E-state index < -0.39 is 8.16 Å². The van der Waals surface area contributed by atoms with Crippen LogP contribution in [0.5, 0.6) is 0 Å². The molecule has 0 heterocycles. The van der Waals surface area contributed by atoms with Crippen molar-refractivity contribution in [3.8, 4) is 0 Å². The van der Waals surface area contributed by atoms with Crippen LogP contribution in [-0.2, 0) is 0 Å². The maximum Gasteiger partial charge on any atom is 0.0753 e. The van der Waals surface area contributed by atoms with Gasteiger partial charge in [0, 0.05) is 0 Å². The maximum absolute atomic E-state index is 4.15. The van der Waals surface area contributed by atoms with E-state index >= 15 is 0 Å². The molecule has 0 aromatic heterocycles. The number of hydrogen-bond donors (Lipinski definition) is 4. The standard InChI is InChI=1S/C4H10S4/c1-3(5,6)4(2,7)8/h5-8H,1-2H3. The summed E-state index contributed by atoms with van der Waals surface area (Å²) in [5, 5.41) is 0. The van der Waals surface area contributed by atoms with Gasteiger partial charge in [-0.05, 0) is 13.8 Å². The third-order valence-electron chi connectivity index (χ3n) is 0.897. The first kappa shape index (κ1) is 9.40. The predicted octanol–water partition coefficient (Wildman–Crippen LogP) is 2.14. The van der Waals surface area contributed by atoms with E-state index in [1.54, 1.807) is 0 Å². The van der Waals surface area contributed by atoms with E-state index in [0.29, 0.717) is 0 Å². The molecule has 0 bridgehead atoms. The molecule has 8 heavy (non-hydrogen) atoms. The van der Waals surface area contributed by atoms with E-state index in [9.17, 15) is 0 Å². The maximum atomic E-state index is 4.15. The van der Waals surface area contributed by atoms with Gasteiger partial charge in [0.25, 0.3) is 0 Å². The average molecular weight is 186 g/mol. The summed E-state index contributed by atoms with van der Waals surface area (Å²) >= 11 is 16.6. The second-order valence-corrected chi connectivity index (χ2v) is 6.32. The summed E-state index contributed by atoms with van der Waals surface area (Å²) in [5.74, 6) is 0. The lowest BCUT2D eigenvalue weighted by atomic mass is 10.3. The monoisotopic (exact) mass is 186 g/mol. The normalized spacial score (nSPS) is 14.2. The third kappa shape index (κ3) is 2.80. The molecule has 4 heteroatoms. The summed E-state index contributed by atoms with van der Waals surface area (Å²) in [4.78, 5) is 0. The Kier molecular flexibility index (Phi) is 3.01. The molecule has 0 aliphatic heterocycles. The minimum Gasteiger partial charge on any atom is -0.160 e. The highest BCUT2D eigenvalue weighted by molar-refractivity contribution is 8.08. The van der Waals surface area contributed by atoms with Crippen LogP contribution in [0.15, 0.2) is 0 Å². The van der Waals surface area contributed by atoms with Crippen molar-refractivity contribution < 1.29 is 0 Å². The Morgan fingerprint density at radius 2 is 0.875 bits per heavy atom. The summed E-state index contributed by atoms with van der Waals surface area (Å²) in [6.07, 6.45) is 0. The Labute approximate surface area is 72.5 Å². The Morgan fingerprint density at radius 1 is 0.750 bits per heavy atom. The number of thiol groups is 4. The second-order valence-electron chi connectivity index (χ2n) is 2.04. The second kappa shape index (κ2) is 2.56. The molecular formula is C4H10S4. The number of rotatable bonds is 1. The summed E-state index contributed by atoms with van der Waals surface area (Å²) < 4.78 is -0.890. The lowest BCUT2D eigenvalue weighted by molar-refractivity contribution is 0.836. The quantitative estimate of drug-likeness (QED) is 0.350. The molecule has 0 aromatic rings. The lowest BCUT2D eigenvalue weighted by Gasteiger charge is -2.30. The van der Waals surface area contributed by atoms with Crippen molar-refractivity contribution in [2.75, 3.05) is 0 Å².